The summed E-state index contributed by atoms with van der Waals surface area (Å²) in [5, 5.41) is 2.26. The molecule has 1 heterocycles. The maximum Gasteiger partial charge on any atom is 0.418 e. The van der Waals surface area contributed by atoms with Gasteiger partial charge in [-0.05, 0) is 13.0 Å². The van der Waals surface area contributed by atoms with Crippen LogP contribution in [0.4, 0.5) is 18.9 Å². The molecule has 6 heteroatoms. The minimum Gasteiger partial charge on any atom is -0.324 e. The molecule has 0 atom stereocenters. The number of hydrogen-bond donors (Lipinski definition) is 1. The van der Waals surface area contributed by atoms with Crippen molar-refractivity contribution in [3.63, 3.8) is 0 Å². The van der Waals surface area contributed by atoms with E-state index in [-0.39, 0.29) is 11.4 Å². The van der Waals surface area contributed by atoms with Gasteiger partial charge in [0, 0.05) is 11.1 Å². The van der Waals surface area contributed by atoms with Crippen molar-refractivity contribution in [2.24, 2.45) is 5.41 Å². The first-order valence-corrected chi connectivity index (χ1v) is 5.37. The number of alkyl halides is 3. The molecule has 1 amide bonds. The number of carbonyl (C=O) groups is 1. The lowest BCUT2D eigenvalue weighted by atomic mass is 9.95. The normalized spacial score (nSPS) is 12.4. The molecule has 0 saturated heterocycles. The van der Waals surface area contributed by atoms with Gasteiger partial charge < -0.3 is 5.32 Å². The van der Waals surface area contributed by atoms with Gasteiger partial charge in [-0.15, -0.1) is 0 Å². The van der Waals surface area contributed by atoms with Crippen LogP contribution in [0.15, 0.2) is 12.3 Å². The standard InChI is InChI=1S/C12H15F3N2O/c1-7-5-8(12(13,14)15)9(6-16-7)17-10(18)11(2,3)4/h5-6H,1-4H3,(H,17,18). The minimum absolute atomic E-state index is 0.246. The maximum absolute atomic E-state index is 12.8. The summed E-state index contributed by atoms with van der Waals surface area (Å²) in [6, 6.07) is 0.915. The lowest BCUT2D eigenvalue weighted by Gasteiger charge is -2.20. The molecule has 0 bridgehead atoms. The molecule has 100 valence electrons. The van der Waals surface area contributed by atoms with Gasteiger partial charge in [-0.3, -0.25) is 9.78 Å². The van der Waals surface area contributed by atoms with Gasteiger partial charge in [0.1, 0.15) is 0 Å². The number of amides is 1. The van der Waals surface area contributed by atoms with Crippen molar-refractivity contribution in [3.05, 3.63) is 23.5 Å². The van der Waals surface area contributed by atoms with Gasteiger partial charge >= 0.3 is 6.18 Å². The summed E-state index contributed by atoms with van der Waals surface area (Å²) in [6.45, 7) is 6.33. The van der Waals surface area contributed by atoms with E-state index >= 15 is 0 Å². The summed E-state index contributed by atoms with van der Waals surface area (Å²) >= 11 is 0. The molecule has 0 spiro atoms. The molecule has 1 aromatic rings. The zero-order valence-electron chi connectivity index (χ0n) is 10.6. The van der Waals surface area contributed by atoms with Crippen LogP contribution < -0.4 is 5.32 Å². The Labute approximate surface area is 103 Å². The first-order chi connectivity index (χ1) is 8.01. The van der Waals surface area contributed by atoms with Crippen molar-refractivity contribution in [1.82, 2.24) is 4.98 Å². The lowest BCUT2D eigenvalue weighted by Crippen LogP contribution is -2.29. The van der Waals surface area contributed by atoms with Crippen LogP contribution >= 0.6 is 0 Å². The lowest BCUT2D eigenvalue weighted by molar-refractivity contribution is -0.137. The van der Waals surface area contributed by atoms with Crippen LogP contribution in [0.3, 0.4) is 0 Å². The van der Waals surface area contributed by atoms with E-state index in [9.17, 15) is 18.0 Å². The highest BCUT2D eigenvalue weighted by atomic mass is 19.4. The van der Waals surface area contributed by atoms with Gasteiger partial charge in [0.25, 0.3) is 0 Å². The van der Waals surface area contributed by atoms with Crippen LogP contribution in [0, 0.1) is 12.3 Å². The summed E-state index contributed by atoms with van der Waals surface area (Å²) in [5.74, 6) is -0.487. The topological polar surface area (TPSA) is 42.0 Å². The predicted octanol–water partition coefficient (Wildman–Crippen LogP) is 3.39. The second-order valence-corrected chi connectivity index (χ2v) is 5.07. The number of anilines is 1. The van der Waals surface area contributed by atoms with Gasteiger partial charge in [-0.1, -0.05) is 20.8 Å². The van der Waals surface area contributed by atoms with E-state index < -0.39 is 23.1 Å². The molecule has 0 unspecified atom stereocenters. The number of nitrogens with one attached hydrogen (secondary N) is 1. The second kappa shape index (κ2) is 4.59. The predicted molar refractivity (Wildman–Crippen MR) is 62.1 cm³/mol. The van der Waals surface area contributed by atoms with Crippen molar-refractivity contribution in [1.29, 1.82) is 0 Å². The molecule has 0 aromatic carbocycles. The zero-order chi connectivity index (χ0) is 14.1. The number of aromatic nitrogens is 1. The molecule has 0 aliphatic heterocycles. The molecule has 18 heavy (non-hydrogen) atoms. The Morgan fingerprint density at radius 3 is 2.28 bits per heavy atom. The van der Waals surface area contributed by atoms with Gasteiger partial charge in [0.15, 0.2) is 0 Å². The van der Waals surface area contributed by atoms with E-state index in [0.717, 1.165) is 12.3 Å². The van der Waals surface area contributed by atoms with Crippen molar-refractivity contribution in [3.8, 4) is 0 Å². The van der Waals surface area contributed by atoms with Gasteiger partial charge in [-0.2, -0.15) is 13.2 Å². The average Bonchev–Trinajstić information content (AvgIpc) is 2.17. The van der Waals surface area contributed by atoms with Crippen molar-refractivity contribution in [2.45, 2.75) is 33.9 Å². The van der Waals surface area contributed by atoms with E-state index in [1.807, 2.05) is 0 Å². The van der Waals surface area contributed by atoms with E-state index in [1.54, 1.807) is 20.8 Å². The smallest absolute Gasteiger partial charge is 0.324 e. The fourth-order valence-corrected chi connectivity index (χ4v) is 1.20. The van der Waals surface area contributed by atoms with Gasteiger partial charge in [0.2, 0.25) is 5.91 Å². The highest BCUT2D eigenvalue weighted by Gasteiger charge is 2.35. The van der Waals surface area contributed by atoms with E-state index in [4.69, 9.17) is 0 Å². The molecule has 1 aromatic heterocycles. The first kappa shape index (κ1) is 14.5. The highest BCUT2D eigenvalue weighted by molar-refractivity contribution is 5.95. The number of nitrogens with zero attached hydrogens (tertiary/aromatic N) is 1. The third-order valence-electron chi connectivity index (χ3n) is 2.28. The quantitative estimate of drug-likeness (QED) is 0.840. The van der Waals surface area contributed by atoms with Crippen LogP contribution in [0.2, 0.25) is 0 Å². The van der Waals surface area contributed by atoms with Crippen LogP contribution in [0.25, 0.3) is 0 Å². The number of hydrogen-bond acceptors (Lipinski definition) is 2. The summed E-state index contributed by atoms with van der Waals surface area (Å²) in [4.78, 5) is 15.5. The highest BCUT2D eigenvalue weighted by Crippen LogP contribution is 2.35. The Balaban J connectivity index is 3.14. The molecule has 0 aliphatic carbocycles. The second-order valence-electron chi connectivity index (χ2n) is 5.07. The summed E-state index contributed by atoms with van der Waals surface area (Å²) in [6.07, 6.45) is -3.49. The first-order valence-electron chi connectivity index (χ1n) is 5.37. The SMILES string of the molecule is Cc1cc(C(F)(F)F)c(NC(=O)C(C)(C)C)cn1. The largest absolute Gasteiger partial charge is 0.418 e. The Morgan fingerprint density at radius 1 is 1.28 bits per heavy atom. The monoisotopic (exact) mass is 260 g/mol. The molecule has 0 radical (unpaired) electrons. The number of pyridine rings is 1. The third kappa shape index (κ3) is 3.45. The van der Waals surface area contributed by atoms with Crippen LogP contribution in [-0.4, -0.2) is 10.9 Å². The summed E-state index contributed by atoms with van der Waals surface area (Å²) in [5.41, 5.74) is -1.72. The molecule has 0 fully saturated rings. The minimum atomic E-state index is -4.52. The Morgan fingerprint density at radius 2 is 1.83 bits per heavy atom. The molecule has 3 nitrogen and oxygen atoms in total. The average molecular weight is 260 g/mol. The summed E-state index contributed by atoms with van der Waals surface area (Å²) in [7, 11) is 0. The van der Waals surface area contributed by atoms with E-state index in [0.29, 0.717) is 0 Å². The molecule has 0 aliphatic rings. The zero-order valence-corrected chi connectivity index (χ0v) is 10.6. The number of carbonyl (C=O) groups excluding carboxylic acids is 1. The fourth-order valence-electron chi connectivity index (χ4n) is 1.20. The van der Waals surface area contributed by atoms with Crippen molar-refractivity contribution in [2.75, 3.05) is 5.32 Å². The van der Waals surface area contributed by atoms with E-state index in [1.165, 1.54) is 6.92 Å². The van der Waals surface area contributed by atoms with Crippen LogP contribution in [0.1, 0.15) is 32.0 Å². The van der Waals surface area contributed by atoms with Gasteiger partial charge in [0.05, 0.1) is 17.4 Å². The Kier molecular flexibility index (Phi) is 3.69. The molecule has 0 saturated carbocycles. The van der Waals surface area contributed by atoms with E-state index in [2.05, 4.69) is 10.3 Å². The number of halogens is 3. The van der Waals surface area contributed by atoms with Crippen LogP contribution in [0.5, 0.6) is 0 Å². The van der Waals surface area contributed by atoms with Gasteiger partial charge in [-0.25, -0.2) is 0 Å². The Hall–Kier alpha value is -1.59. The van der Waals surface area contributed by atoms with Crippen LogP contribution in [-0.2, 0) is 11.0 Å². The fraction of sp³-hybridized carbons (Fsp3) is 0.500. The molecule has 1 rings (SSSR count). The maximum atomic E-state index is 12.8. The van der Waals surface area contributed by atoms with Crippen molar-refractivity contribution < 1.29 is 18.0 Å². The Bertz CT molecular complexity index is 461. The number of aryl methyl sites for hydroxylation is 1. The number of rotatable bonds is 1. The van der Waals surface area contributed by atoms with Crippen molar-refractivity contribution >= 4 is 11.6 Å². The molecular weight excluding hydrogens is 245 g/mol. The molecular formula is C12H15F3N2O. The third-order valence-corrected chi connectivity index (χ3v) is 2.28. The summed E-state index contributed by atoms with van der Waals surface area (Å²) < 4.78 is 38.4. The molecule has 1 N–H and O–H groups in total.